The molecule has 25 heavy (non-hydrogen) atoms. The van der Waals surface area contributed by atoms with Gasteiger partial charge in [-0.15, -0.1) is 15.3 Å². The number of anilines is 3. The molecule has 9 nitrogen and oxygen atoms in total. The molecule has 0 radical (unpaired) electrons. The second-order valence-electron chi connectivity index (χ2n) is 5.47. The van der Waals surface area contributed by atoms with Crippen LogP contribution in [-0.4, -0.2) is 29.4 Å². The molecule has 3 aromatic heterocycles. The molecule has 4 aromatic rings. The van der Waals surface area contributed by atoms with E-state index < -0.39 is 0 Å². The highest BCUT2D eigenvalue weighted by Gasteiger charge is 2.10. The molecule has 0 amide bonds. The second kappa shape index (κ2) is 5.61. The van der Waals surface area contributed by atoms with Crippen molar-refractivity contribution in [3.63, 3.8) is 0 Å². The van der Waals surface area contributed by atoms with Crippen LogP contribution in [-0.2, 0) is 0 Å². The van der Waals surface area contributed by atoms with Gasteiger partial charge in [0.2, 0.25) is 0 Å². The average molecular weight is 331 g/mol. The highest BCUT2D eigenvalue weighted by atomic mass is 15.3. The third-order valence-electron chi connectivity index (χ3n) is 3.79. The summed E-state index contributed by atoms with van der Waals surface area (Å²) in [5.74, 6) is 0.512. The van der Waals surface area contributed by atoms with Crippen molar-refractivity contribution in [1.29, 1.82) is 5.26 Å². The summed E-state index contributed by atoms with van der Waals surface area (Å²) in [7, 11) is 0. The van der Waals surface area contributed by atoms with E-state index in [4.69, 9.17) is 11.0 Å². The number of hydrogen-bond donors (Lipinski definition) is 2. The lowest BCUT2D eigenvalue weighted by molar-refractivity contribution is 0.928. The quantitative estimate of drug-likeness (QED) is 0.587. The summed E-state index contributed by atoms with van der Waals surface area (Å²) in [5, 5.41) is 24.4. The molecule has 9 heteroatoms. The lowest BCUT2D eigenvalue weighted by Crippen LogP contribution is -2.04. The van der Waals surface area contributed by atoms with Gasteiger partial charge in [-0.2, -0.15) is 9.78 Å². The Bertz CT molecular complexity index is 1100. The zero-order valence-electron chi connectivity index (χ0n) is 13.2. The summed E-state index contributed by atoms with van der Waals surface area (Å²) in [6.45, 7) is 2.01. The van der Waals surface area contributed by atoms with E-state index in [9.17, 15) is 0 Å². The number of benzene rings is 1. The summed E-state index contributed by atoms with van der Waals surface area (Å²) >= 11 is 0. The zero-order chi connectivity index (χ0) is 17.4. The number of aromatic nitrogens is 6. The predicted octanol–water partition coefficient (Wildman–Crippen LogP) is 1.82. The second-order valence-corrected chi connectivity index (χ2v) is 5.47. The van der Waals surface area contributed by atoms with Crippen molar-refractivity contribution in [2.24, 2.45) is 0 Å². The maximum atomic E-state index is 9.14. The van der Waals surface area contributed by atoms with E-state index in [1.165, 1.54) is 10.7 Å². The fourth-order valence-electron chi connectivity index (χ4n) is 2.57. The predicted molar refractivity (Wildman–Crippen MR) is 91.5 cm³/mol. The number of imidazole rings is 1. The topological polar surface area (TPSA) is 123 Å². The molecule has 122 valence electrons. The maximum absolute atomic E-state index is 9.14. The first-order chi connectivity index (χ1) is 12.2. The van der Waals surface area contributed by atoms with Crippen molar-refractivity contribution in [2.75, 3.05) is 11.1 Å². The zero-order valence-corrected chi connectivity index (χ0v) is 13.2. The number of nitrogens with two attached hydrogens (primary N) is 1. The van der Waals surface area contributed by atoms with E-state index in [-0.39, 0.29) is 0 Å². The van der Waals surface area contributed by atoms with Crippen LogP contribution >= 0.6 is 0 Å². The average Bonchev–Trinajstić information content (AvgIpc) is 3.26. The molecule has 0 fully saturated rings. The molecule has 0 aliphatic rings. The highest BCUT2D eigenvalue weighted by molar-refractivity contribution is 5.71. The van der Waals surface area contributed by atoms with Gasteiger partial charge in [0.25, 0.3) is 0 Å². The van der Waals surface area contributed by atoms with Gasteiger partial charge in [0.1, 0.15) is 18.7 Å². The van der Waals surface area contributed by atoms with E-state index in [2.05, 4.69) is 25.6 Å². The minimum Gasteiger partial charge on any atom is -0.396 e. The van der Waals surface area contributed by atoms with Gasteiger partial charge in [-0.25, -0.2) is 4.98 Å². The van der Waals surface area contributed by atoms with Gasteiger partial charge in [-0.1, -0.05) is 6.07 Å². The third kappa shape index (κ3) is 2.51. The number of hydrogen-bond acceptors (Lipinski definition) is 7. The molecule has 0 saturated heterocycles. The summed E-state index contributed by atoms with van der Waals surface area (Å²) in [6.07, 6.45) is 4.72. The minimum atomic E-state index is 0.319. The smallest absolute Gasteiger partial charge is 0.178 e. The van der Waals surface area contributed by atoms with Crippen LogP contribution in [0.3, 0.4) is 0 Å². The highest BCUT2D eigenvalue weighted by Crippen LogP contribution is 2.23. The summed E-state index contributed by atoms with van der Waals surface area (Å²) < 4.78 is 3.25. The number of aryl methyl sites for hydroxylation is 1. The number of nitriles is 1. The summed E-state index contributed by atoms with van der Waals surface area (Å²) in [6, 6.07) is 9.60. The van der Waals surface area contributed by atoms with Crippen molar-refractivity contribution in [2.45, 2.75) is 6.92 Å². The van der Waals surface area contributed by atoms with Gasteiger partial charge < -0.3 is 11.1 Å². The molecule has 1 aromatic carbocycles. The Kier molecular flexibility index (Phi) is 3.29. The molecule has 0 bridgehead atoms. The maximum Gasteiger partial charge on any atom is 0.178 e. The first-order valence-electron chi connectivity index (χ1n) is 7.43. The number of rotatable bonds is 3. The van der Waals surface area contributed by atoms with Crippen LogP contribution in [0, 0.1) is 18.3 Å². The van der Waals surface area contributed by atoms with Gasteiger partial charge in [0.05, 0.1) is 17.6 Å². The van der Waals surface area contributed by atoms with E-state index in [1.54, 1.807) is 18.7 Å². The van der Waals surface area contributed by atoms with Gasteiger partial charge in [0, 0.05) is 11.8 Å². The Labute approximate surface area is 142 Å². The van der Waals surface area contributed by atoms with Crippen LogP contribution in [0.5, 0.6) is 0 Å². The van der Waals surface area contributed by atoms with Crippen LogP contribution in [0.25, 0.3) is 11.3 Å². The van der Waals surface area contributed by atoms with Crippen molar-refractivity contribution in [1.82, 2.24) is 29.4 Å². The number of nitrogens with zero attached hydrogens (tertiary/aromatic N) is 7. The standard InChI is InChI=1S/C16H13N9/c1-10-2-3-11(4-14(10)24-8-20-21-9-24)22-15-5-13(18)16-19-7-12(6-17)25(16)23-15/h2-5,7-9H,18H2,1H3,(H,22,23). The summed E-state index contributed by atoms with van der Waals surface area (Å²) in [4.78, 5) is 4.10. The minimum absolute atomic E-state index is 0.319. The van der Waals surface area contributed by atoms with Crippen molar-refractivity contribution in [3.8, 4) is 11.8 Å². The fourth-order valence-corrected chi connectivity index (χ4v) is 2.57. The number of nitrogen functional groups attached to an aromatic ring is 1. The molecular formula is C16H13N9. The molecule has 0 unspecified atom stereocenters. The Hall–Kier alpha value is -3.93. The van der Waals surface area contributed by atoms with Crippen molar-refractivity contribution < 1.29 is 0 Å². The van der Waals surface area contributed by atoms with Gasteiger partial charge in [-0.3, -0.25) is 4.57 Å². The van der Waals surface area contributed by atoms with Crippen LogP contribution < -0.4 is 11.1 Å². The third-order valence-corrected chi connectivity index (χ3v) is 3.79. The Morgan fingerprint density at radius 3 is 2.76 bits per heavy atom. The normalized spacial score (nSPS) is 10.7. The SMILES string of the molecule is Cc1ccc(Nc2cc(N)c3ncc(C#N)n3n2)cc1-n1cnnc1. The molecule has 0 atom stereocenters. The van der Waals surface area contributed by atoms with Crippen LogP contribution in [0.4, 0.5) is 17.2 Å². The Morgan fingerprint density at radius 2 is 2.00 bits per heavy atom. The molecule has 0 aliphatic heterocycles. The molecule has 0 aliphatic carbocycles. The summed E-state index contributed by atoms with van der Waals surface area (Å²) in [5.41, 5.74) is 10.1. The Balaban J connectivity index is 1.74. The van der Waals surface area contributed by atoms with Crippen LogP contribution in [0.15, 0.2) is 43.1 Å². The van der Waals surface area contributed by atoms with E-state index in [1.807, 2.05) is 35.8 Å². The molecule has 0 saturated carbocycles. The first kappa shape index (κ1) is 14.6. The first-order valence-corrected chi connectivity index (χ1v) is 7.43. The van der Waals surface area contributed by atoms with Crippen molar-refractivity contribution >= 4 is 22.8 Å². The largest absolute Gasteiger partial charge is 0.396 e. The molecular weight excluding hydrogens is 318 g/mol. The van der Waals surface area contributed by atoms with Crippen LogP contribution in [0.2, 0.25) is 0 Å². The molecule has 3 heterocycles. The van der Waals surface area contributed by atoms with Gasteiger partial charge in [-0.05, 0) is 24.6 Å². The molecule has 4 rings (SSSR count). The number of nitrogens with one attached hydrogen (secondary N) is 1. The fraction of sp³-hybridized carbons (Fsp3) is 0.0625. The molecule has 3 N–H and O–H groups in total. The number of fused-ring (bicyclic) bond motifs is 1. The monoisotopic (exact) mass is 331 g/mol. The Morgan fingerprint density at radius 1 is 1.20 bits per heavy atom. The molecule has 0 spiro atoms. The lowest BCUT2D eigenvalue weighted by atomic mass is 10.2. The van der Waals surface area contributed by atoms with Crippen LogP contribution in [0.1, 0.15) is 11.3 Å². The van der Waals surface area contributed by atoms with E-state index >= 15 is 0 Å². The lowest BCUT2D eigenvalue weighted by Gasteiger charge is -2.11. The van der Waals surface area contributed by atoms with E-state index in [0.29, 0.717) is 22.8 Å². The van der Waals surface area contributed by atoms with Crippen molar-refractivity contribution in [3.05, 3.63) is 54.4 Å². The van der Waals surface area contributed by atoms with Gasteiger partial charge in [0.15, 0.2) is 17.2 Å². The van der Waals surface area contributed by atoms with Gasteiger partial charge >= 0.3 is 0 Å². The van der Waals surface area contributed by atoms with E-state index in [0.717, 1.165) is 16.9 Å².